The van der Waals surface area contributed by atoms with Gasteiger partial charge in [0.1, 0.15) is 18.2 Å². The summed E-state index contributed by atoms with van der Waals surface area (Å²) in [6, 6.07) is -0.857. The number of Topliss-reactive ketones (excluding diaryl/α,β-unsaturated/α-hetero) is 1. The van der Waals surface area contributed by atoms with Gasteiger partial charge in [0.15, 0.2) is 5.78 Å². The van der Waals surface area contributed by atoms with Crippen molar-refractivity contribution in [1.29, 1.82) is 0 Å². The third-order valence-electron chi connectivity index (χ3n) is 1.50. The molecule has 0 saturated heterocycles. The summed E-state index contributed by atoms with van der Waals surface area (Å²) in [5, 5.41) is 2.31. The van der Waals surface area contributed by atoms with Crippen LogP contribution in [0.1, 0.15) is 34.6 Å². The van der Waals surface area contributed by atoms with Gasteiger partial charge in [-0.1, -0.05) is 0 Å². The lowest BCUT2D eigenvalue weighted by molar-refractivity contribution is -0.149. The van der Waals surface area contributed by atoms with E-state index < -0.39 is 23.7 Å². The van der Waals surface area contributed by atoms with Crippen molar-refractivity contribution in [2.45, 2.75) is 46.3 Å². The summed E-state index contributed by atoms with van der Waals surface area (Å²) in [5.74, 6) is -0.936. The van der Waals surface area contributed by atoms with Crippen LogP contribution in [0.2, 0.25) is 0 Å². The van der Waals surface area contributed by atoms with Gasteiger partial charge in [0.05, 0.1) is 0 Å². The van der Waals surface area contributed by atoms with Crippen molar-refractivity contribution in [3.63, 3.8) is 0 Å². The Morgan fingerprint density at radius 3 is 2.18 bits per heavy atom. The Bertz CT molecular complexity index is 305. The third kappa shape index (κ3) is 8.24. The van der Waals surface area contributed by atoms with E-state index in [1.54, 1.807) is 20.8 Å². The molecule has 0 radical (unpaired) electrons. The van der Waals surface area contributed by atoms with Crippen molar-refractivity contribution >= 4 is 17.8 Å². The lowest BCUT2D eigenvalue weighted by Gasteiger charge is -2.21. The van der Waals surface area contributed by atoms with Crippen molar-refractivity contribution in [1.82, 2.24) is 5.32 Å². The van der Waals surface area contributed by atoms with E-state index in [4.69, 9.17) is 4.74 Å². The van der Waals surface area contributed by atoms with Gasteiger partial charge in [-0.15, -0.1) is 0 Å². The molecular weight excluding hydrogens is 226 g/mol. The molecule has 0 aliphatic rings. The molecule has 0 aromatic rings. The Labute approximate surface area is 101 Å². The van der Waals surface area contributed by atoms with Gasteiger partial charge in [-0.2, -0.15) is 0 Å². The Morgan fingerprint density at radius 2 is 1.76 bits per heavy atom. The number of hydrogen-bond acceptors (Lipinski definition) is 5. The van der Waals surface area contributed by atoms with Crippen LogP contribution >= 0.6 is 0 Å². The van der Waals surface area contributed by atoms with E-state index in [9.17, 15) is 14.4 Å². The van der Waals surface area contributed by atoms with E-state index in [1.807, 2.05) is 0 Å². The van der Waals surface area contributed by atoms with Crippen LogP contribution in [0.5, 0.6) is 0 Å². The summed E-state index contributed by atoms with van der Waals surface area (Å²) in [5.41, 5.74) is -0.632. The standard InChI is InChI=1S/C11H19NO5/c1-7(13)6-16-9(14)8(2)12-10(15)17-11(3,4)5/h8H,6H2,1-5H3,(H,12,15)/t8-/m0/s1. The second-order valence-electron chi connectivity index (χ2n) is 4.68. The normalized spacial score (nSPS) is 12.5. The second-order valence-corrected chi connectivity index (χ2v) is 4.68. The van der Waals surface area contributed by atoms with Crippen molar-refractivity contribution < 1.29 is 23.9 Å². The average Bonchev–Trinajstić information content (AvgIpc) is 2.10. The predicted molar refractivity (Wildman–Crippen MR) is 60.5 cm³/mol. The number of hydrogen-bond donors (Lipinski definition) is 1. The summed E-state index contributed by atoms with van der Waals surface area (Å²) in [7, 11) is 0. The number of alkyl carbamates (subject to hydrolysis) is 1. The summed E-state index contributed by atoms with van der Waals surface area (Å²) >= 11 is 0. The van der Waals surface area contributed by atoms with Gasteiger partial charge >= 0.3 is 12.1 Å². The third-order valence-corrected chi connectivity index (χ3v) is 1.50. The van der Waals surface area contributed by atoms with Crippen LogP contribution in [-0.2, 0) is 19.1 Å². The summed E-state index contributed by atoms with van der Waals surface area (Å²) in [6.07, 6.45) is -0.704. The van der Waals surface area contributed by atoms with Crippen LogP contribution in [-0.4, -0.2) is 36.1 Å². The van der Waals surface area contributed by atoms with Crippen LogP contribution in [0.4, 0.5) is 4.79 Å². The van der Waals surface area contributed by atoms with Gasteiger partial charge in [0.2, 0.25) is 0 Å². The summed E-state index contributed by atoms with van der Waals surface area (Å²) < 4.78 is 9.60. The summed E-state index contributed by atoms with van der Waals surface area (Å²) in [4.78, 5) is 33.2. The fourth-order valence-corrected chi connectivity index (χ4v) is 0.841. The largest absolute Gasteiger partial charge is 0.456 e. The zero-order valence-electron chi connectivity index (χ0n) is 10.8. The number of ketones is 1. The lowest BCUT2D eigenvalue weighted by Crippen LogP contribution is -2.42. The molecule has 1 N–H and O–H groups in total. The van der Waals surface area contributed by atoms with Gasteiger partial charge < -0.3 is 14.8 Å². The van der Waals surface area contributed by atoms with Crippen molar-refractivity contribution in [3.05, 3.63) is 0 Å². The Morgan fingerprint density at radius 1 is 1.24 bits per heavy atom. The highest BCUT2D eigenvalue weighted by molar-refractivity contribution is 5.84. The first-order chi connectivity index (χ1) is 7.61. The van der Waals surface area contributed by atoms with Gasteiger partial charge in [0.25, 0.3) is 0 Å². The van der Waals surface area contributed by atoms with Crippen molar-refractivity contribution in [2.24, 2.45) is 0 Å². The molecule has 17 heavy (non-hydrogen) atoms. The van der Waals surface area contributed by atoms with Gasteiger partial charge in [-0.05, 0) is 34.6 Å². The molecule has 6 heteroatoms. The maximum atomic E-state index is 11.3. The number of esters is 1. The van der Waals surface area contributed by atoms with Crippen molar-refractivity contribution in [2.75, 3.05) is 6.61 Å². The Kier molecular flexibility index (Phi) is 5.64. The van der Waals surface area contributed by atoms with E-state index in [-0.39, 0.29) is 12.4 Å². The fraction of sp³-hybridized carbons (Fsp3) is 0.727. The molecule has 1 amide bonds. The van der Waals surface area contributed by atoms with Crippen LogP contribution < -0.4 is 5.32 Å². The lowest BCUT2D eigenvalue weighted by atomic mass is 10.2. The number of nitrogens with one attached hydrogen (secondary N) is 1. The molecule has 0 bridgehead atoms. The number of ether oxygens (including phenoxy) is 2. The SMILES string of the molecule is CC(=O)COC(=O)[C@H](C)NC(=O)OC(C)(C)C. The maximum Gasteiger partial charge on any atom is 0.408 e. The molecule has 0 aliphatic heterocycles. The molecule has 1 atom stereocenters. The minimum Gasteiger partial charge on any atom is -0.456 e. The van der Waals surface area contributed by atoms with E-state index in [1.165, 1.54) is 13.8 Å². The molecule has 0 unspecified atom stereocenters. The molecule has 0 aliphatic carbocycles. The van der Waals surface area contributed by atoms with E-state index in [0.29, 0.717) is 0 Å². The predicted octanol–water partition coefficient (Wildman–Crippen LogP) is 1.03. The average molecular weight is 245 g/mol. The molecule has 6 nitrogen and oxygen atoms in total. The minimum atomic E-state index is -0.857. The number of rotatable bonds is 4. The molecule has 0 aromatic heterocycles. The zero-order chi connectivity index (χ0) is 13.6. The van der Waals surface area contributed by atoms with Gasteiger partial charge in [-0.3, -0.25) is 4.79 Å². The number of amides is 1. The van der Waals surface area contributed by atoms with Crippen LogP contribution in [0.15, 0.2) is 0 Å². The zero-order valence-corrected chi connectivity index (χ0v) is 10.8. The topological polar surface area (TPSA) is 81.7 Å². The van der Waals surface area contributed by atoms with Crippen LogP contribution in [0, 0.1) is 0 Å². The van der Waals surface area contributed by atoms with Crippen molar-refractivity contribution in [3.8, 4) is 0 Å². The molecule has 98 valence electrons. The first kappa shape index (κ1) is 15.4. The first-order valence-electron chi connectivity index (χ1n) is 5.27. The molecule has 0 saturated carbocycles. The van der Waals surface area contributed by atoms with E-state index in [0.717, 1.165) is 0 Å². The molecular formula is C11H19NO5. The quantitative estimate of drug-likeness (QED) is 0.748. The molecule has 0 rings (SSSR count). The molecule has 0 fully saturated rings. The highest BCUT2D eigenvalue weighted by atomic mass is 16.6. The fourth-order valence-electron chi connectivity index (χ4n) is 0.841. The molecule has 0 spiro atoms. The van der Waals surface area contributed by atoms with Gasteiger partial charge in [-0.25, -0.2) is 9.59 Å². The molecule has 0 heterocycles. The minimum absolute atomic E-state index is 0.261. The Hall–Kier alpha value is -1.59. The monoisotopic (exact) mass is 245 g/mol. The number of carbonyl (C=O) groups is 3. The van der Waals surface area contributed by atoms with E-state index in [2.05, 4.69) is 10.1 Å². The number of carbonyl (C=O) groups excluding carboxylic acids is 3. The van der Waals surface area contributed by atoms with E-state index >= 15 is 0 Å². The highest BCUT2D eigenvalue weighted by Crippen LogP contribution is 2.06. The second kappa shape index (κ2) is 6.22. The van der Waals surface area contributed by atoms with Gasteiger partial charge in [0, 0.05) is 0 Å². The van der Waals surface area contributed by atoms with Crippen LogP contribution in [0.25, 0.3) is 0 Å². The summed E-state index contributed by atoms with van der Waals surface area (Å²) in [6.45, 7) is 7.60. The Balaban J connectivity index is 4.08. The maximum absolute atomic E-state index is 11.3. The van der Waals surface area contributed by atoms with Crippen LogP contribution in [0.3, 0.4) is 0 Å². The molecule has 0 aromatic carbocycles. The first-order valence-corrected chi connectivity index (χ1v) is 5.27. The highest BCUT2D eigenvalue weighted by Gasteiger charge is 2.21. The smallest absolute Gasteiger partial charge is 0.408 e.